The van der Waals surface area contributed by atoms with Crippen molar-refractivity contribution in [1.29, 1.82) is 5.41 Å². The van der Waals surface area contributed by atoms with Crippen molar-refractivity contribution in [3.8, 4) is 5.75 Å². The number of nitrogens with zero attached hydrogens (tertiary/aromatic N) is 1. The van der Waals surface area contributed by atoms with Gasteiger partial charge in [-0.1, -0.05) is 38.1 Å². The zero-order chi connectivity index (χ0) is 26.7. The van der Waals surface area contributed by atoms with E-state index in [0.29, 0.717) is 17.7 Å². The Morgan fingerprint density at radius 3 is 2.65 bits per heavy atom. The molecule has 8 heteroatoms. The molecule has 2 aromatic rings. The Hall–Kier alpha value is -3.39. The van der Waals surface area contributed by atoms with Gasteiger partial charge in [0.15, 0.2) is 5.96 Å². The van der Waals surface area contributed by atoms with Crippen LogP contribution in [0.4, 0.5) is 0 Å². The van der Waals surface area contributed by atoms with Crippen molar-refractivity contribution in [3.05, 3.63) is 64.7 Å². The fourth-order valence-electron chi connectivity index (χ4n) is 5.92. The Labute approximate surface area is 217 Å². The van der Waals surface area contributed by atoms with Gasteiger partial charge in [0, 0.05) is 16.7 Å². The van der Waals surface area contributed by atoms with E-state index in [1.54, 1.807) is 24.8 Å². The number of benzene rings is 2. The lowest BCUT2D eigenvalue weighted by Gasteiger charge is -2.43. The number of carbonyl (C=O) groups excluding carboxylic acids is 2. The number of nitrogens with one attached hydrogen (secondary N) is 3. The highest BCUT2D eigenvalue weighted by Gasteiger charge is 2.46. The van der Waals surface area contributed by atoms with Gasteiger partial charge in [-0.2, -0.15) is 0 Å². The lowest BCUT2D eigenvalue weighted by Crippen LogP contribution is -2.61. The number of hydrogen-bond donors (Lipinski definition) is 4. The molecule has 3 aliphatic rings. The molecule has 1 saturated heterocycles. The van der Waals surface area contributed by atoms with E-state index in [2.05, 4.69) is 17.6 Å². The summed E-state index contributed by atoms with van der Waals surface area (Å²) in [6.07, 6.45) is 0.888. The molecular formula is C29H36N4O4. The van der Waals surface area contributed by atoms with Crippen LogP contribution < -0.4 is 15.4 Å². The molecule has 2 aromatic carbocycles. The monoisotopic (exact) mass is 504 g/mol. The van der Waals surface area contributed by atoms with E-state index in [4.69, 9.17) is 10.1 Å². The van der Waals surface area contributed by atoms with Crippen LogP contribution in [0.3, 0.4) is 0 Å². The zero-order valence-corrected chi connectivity index (χ0v) is 22.1. The quantitative estimate of drug-likeness (QED) is 0.505. The molecule has 2 aliphatic heterocycles. The van der Waals surface area contributed by atoms with Gasteiger partial charge < -0.3 is 20.5 Å². The van der Waals surface area contributed by atoms with E-state index in [-0.39, 0.29) is 29.7 Å². The molecule has 37 heavy (non-hydrogen) atoms. The van der Waals surface area contributed by atoms with E-state index in [9.17, 15) is 14.7 Å². The van der Waals surface area contributed by atoms with Crippen molar-refractivity contribution in [2.24, 2.45) is 5.92 Å². The Balaban J connectivity index is 1.44. The average molecular weight is 505 g/mol. The van der Waals surface area contributed by atoms with E-state index in [0.717, 1.165) is 29.5 Å². The van der Waals surface area contributed by atoms with Gasteiger partial charge in [-0.15, -0.1) is 0 Å². The first kappa shape index (κ1) is 25.3. The van der Waals surface area contributed by atoms with Crippen molar-refractivity contribution < 1.29 is 19.4 Å². The van der Waals surface area contributed by atoms with Crippen molar-refractivity contribution in [2.75, 3.05) is 0 Å². The summed E-state index contributed by atoms with van der Waals surface area (Å²) >= 11 is 0. The van der Waals surface area contributed by atoms with Crippen LogP contribution in [0.5, 0.6) is 5.75 Å². The molecule has 0 aromatic heterocycles. The maximum atomic E-state index is 13.5. The third-order valence-corrected chi connectivity index (χ3v) is 8.28. The summed E-state index contributed by atoms with van der Waals surface area (Å²) in [5, 5.41) is 26.0. The molecule has 196 valence electrons. The predicted molar refractivity (Wildman–Crippen MR) is 140 cm³/mol. The number of rotatable bonds is 4. The van der Waals surface area contributed by atoms with Crippen LogP contribution in [-0.4, -0.2) is 45.0 Å². The van der Waals surface area contributed by atoms with Gasteiger partial charge in [-0.25, -0.2) is 0 Å². The first-order valence-corrected chi connectivity index (χ1v) is 13.0. The third-order valence-electron chi connectivity index (χ3n) is 8.28. The highest BCUT2D eigenvalue weighted by molar-refractivity contribution is 6.00. The first-order chi connectivity index (χ1) is 17.4. The van der Waals surface area contributed by atoms with Gasteiger partial charge in [0.05, 0.1) is 18.5 Å². The number of hydrogen-bond acceptors (Lipinski definition) is 5. The van der Waals surface area contributed by atoms with Crippen LogP contribution >= 0.6 is 0 Å². The molecule has 0 saturated carbocycles. The van der Waals surface area contributed by atoms with Crippen molar-refractivity contribution in [1.82, 2.24) is 15.5 Å². The number of aliphatic hydroxyl groups excluding tert-OH is 1. The lowest BCUT2D eigenvalue weighted by molar-refractivity contribution is -0.133. The van der Waals surface area contributed by atoms with Gasteiger partial charge in [-0.3, -0.25) is 19.9 Å². The molecule has 0 bridgehead atoms. The number of aliphatic hydroxyl groups is 1. The second-order valence-electron chi connectivity index (χ2n) is 11.5. The molecular weight excluding hydrogens is 468 g/mol. The minimum absolute atomic E-state index is 0.0724. The van der Waals surface area contributed by atoms with Crippen LogP contribution in [0.2, 0.25) is 0 Å². The van der Waals surface area contributed by atoms with Gasteiger partial charge in [-0.05, 0) is 68.9 Å². The van der Waals surface area contributed by atoms with Gasteiger partial charge in [0.25, 0.3) is 5.91 Å². The predicted octanol–water partition coefficient (Wildman–Crippen LogP) is 3.85. The average Bonchev–Trinajstić information content (AvgIpc) is 3.16. The minimum atomic E-state index is -0.945. The van der Waals surface area contributed by atoms with Gasteiger partial charge in [0.2, 0.25) is 5.91 Å². The highest BCUT2D eigenvalue weighted by atomic mass is 16.5. The van der Waals surface area contributed by atoms with Crippen LogP contribution in [0.25, 0.3) is 0 Å². The third kappa shape index (κ3) is 4.27. The van der Waals surface area contributed by atoms with E-state index >= 15 is 0 Å². The fourth-order valence-corrected chi connectivity index (χ4v) is 5.92. The van der Waals surface area contributed by atoms with Gasteiger partial charge in [0.1, 0.15) is 17.5 Å². The molecule has 5 atom stereocenters. The Morgan fingerprint density at radius 2 is 1.95 bits per heavy atom. The standard InChI is InChI=1S/C29H36N4O4/c1-6-29(5)15-22(34)33(27(30)32-29)24-16(2)13-17-11-12-18(14-20(17)24)26(36)31-23-19-9-7-8-10-21(19)37-28(3,4)25(23)35/h7-12,14,16,23-25,35H,6,13,15H2,1-5H3,(H2,30,32)(H,31,36)/t16-,23-,24-,25+,29-/m1/s1. The van der Waals surface area contributed by atoms with Crippen LogP contribution in [-0.2, 0) is 11.2 Å². The summed E-state index contributed by atoms with van der Waals surface area (Å²) < 4.78 is 5.98. The SMILES string of the molecule is CC[C@]1(C)CC(=O)N([C@H]2c3cc(C(=O)N[C@@H]4c5ccccc5OC(C)(C)[C@H]4O)ccc3C[C@H]2C)C(=N)N1. The second kappa shape index (κ2) is 8.87. The maximum absolute atomic E-state index is 13.5. The zero-order valence-electron chi connectivity index (χ0n) is 22.1. The molecule has 2 heterocycles. The van der Waals surface area contributed by atoms with E-state index in [1.165, 1.54) is 0 Å². The van der Waals surface area contributed by atoms with Crippen molar-refractivity contribution in [2.45, 2.75) is 83.2 Å². The number of guanidine groups is 1. The summed E-state index contributed by atoms with van der Waals surface area (Å²) in [6, 6.07) is 12.0. The normalized spacial score (nSPS) is 30.2. The molecule has 0 radical (unpaired) electrons. The number of carbonyl (C=O) groups is 2. The maximum Gasteiger partial charge on any atom is 0.251 e. The lowest BCUT2D eigenvalue weighted by atomic mass is 9.86. The molecule has 0 spiro atoms. The highest BCUT2D eigenvalue weighted by Crippen LogP contribution is 2.43. The second-order valence-corrected chi connectivity index (χ2v) is 11.5. The van der Waals surface area contributed by atoms with E-state index < -0.39 is 23.3 Å². The smallest absolute Gasteiger partial charge is 0.251 e. The molecule has 5 rings (SSSR count). The molecule has 0 unspecified atom stereocenters. The molecule has 2 amide bonds. The molecule has 8 nitrogen and oxygen atoms in total. The summed E-state index contributed by atoms with van der Waals surface area (Å²) in [6.45, 7) is 9.66. The van der Waals surface area contributed by atoms with Crippen molar-refractivity contribution >= 4 is 17.8 Å². The Bertz CT molecular complexity index is 1250. The topological polar surface area (TPSA) is 115 Å². The van der Waals surface area contributed by atoms with Crippen molar-refractivity contribution in [3.63, 3.8) is 0 Å². The fraction of sp³-hybridized carbons (Fsp3) is 0.483. The number of ether oxygens (including phenoxy) is 1. The Kier molecular flexibility index (Phi) is 6.06. The summed E-state index contributed by atoms with van der Waals surface area (Å²) in [5.41, 5.74) is 1.86. The van der Waals surface area contributed by atoms with Crippen LogP contribution in [0.1, 0.15) is 86.6 Å². The first-order valence-electron chi connectivity index (χ1n) is 13.0. The number of para-hydroxylation sites is 1. The molecule has 1 fully saturated rings. The summed E-state index contributed by atoms with van der Waals surface area (Å²) in [4.78, 5) is 28.3. The number of fused-ring (bicyclic) bond motifs is 2. The van der Waals surface area contributed by atoms with Crippen LogP contribution in [0, 0.1) is 11.3 Å². The van der Waals surface area contributed by atoms with Gasteiger partial charge >= 0.3 is 0 Å². The molecule has 1 aliphatic carbocycles. The summed E-state index contributed by atoms with van der Waals surface area (Å²) in [7, 11) is 0. The Morgan fingerprint density at radius 1 is 1.22 bits per heavy atom. The van der Waals surface area contributed by atoms with Crippen LogP contribution in [0.15, 0.2) is 42.5 Å². The van der Waals surface area contributed by atoms with E-state index in [1.807, 2.05) is 50.2 Å². The largest absolute Gasteiger partial charge is 0.485 e. The summed E-state index contributed by atoms with van der Waals surface area (Å²) in [5.74, 6) is 0.477. The molecule has 4 N–H and O–H groups in total. The minimum Gasteiger partial charge on any atom is -0.485 e. The number of amides is 2.